The van der Waals surface area contributed by atoms with Crippen molar-refractivity contribution in [2.75, 3.05) is 0 Å². The lowest BCUT2D eigenvalue weighted by molar-refractivity contribution is 0.598. The van der Waals surface area contributed by atoms with Crippen LogP contribution in [0.15, 0.2) is 23.0 Å². The first-order valence-corrected chi connectivity index (χ1v) is 6.05. The number of aromatic amines is 1. The Balaban J connectivity index is 2.22. The maximum atomic E-state index is 11.8. The highest BCUT2D eigenvalue weighted by molar-refractivity contribution is 5.76. The molecular formula is C13H17N3O. The van der Waals surface area contributed by atoms with E-state index >= 15 is 0 Å². The van der Waals surface area contributed by atoms with E-state index in [-0.39, 0.29) is 17.3 Å². The van der Waals surface area contributed by atoms with E-state index in [9.17, 15) is 4.79 Å². The van der Waals surface area contributed by atoms with Crippen molar-refractivity contribution in [3.05, 3.63) is 34.2 Å². The Morgan fingerprint density at radius 3 is 2.71 bits per heavy atom. The van der Waals surface area contributed by atoms with Gasteiger partial charge in [0, 0.05) is 11.6 Å². The SMILES string of the molecule is CC(C)n1c(=O)[nH]c2cc(C3(N)CC3)ccc21. The highest BCUT2D eigenvalue weighted by Gasteiger charge is 2.40. The number of rotatable bonds is 2. The van der Waals surface area contributed by atoms with Crippen LogP contribution in [0.5, 0.6) is 0 Å². The first-order chi connectivity index (χ1) is 8.01. The zero-order valence-electron chi connectivity index (χ0n) is 10.2. The molecule has 0 aliphatic heterocycles. The summed E-state index contributed by atoms with van der Waals surface area (Å²) in [6, 6.07) is 6.22. The molecule has 1 aromatic heterocycles. The number of hydrogen-bond acceptors (Lipinski definition) is 2. The third kappa shape index (κ3) is 1.52. The summed E-state index contributed by atoms with van der Waals surface area (Å²) in [5.41, 5.74) is 8.94. The van der Waals surface area contributed by atoms with Gasteiger partial charge < -0.3 is 10.7 Å². The molecular weight excluding hydrogens is 214 g/mol. The van der Waals surface area contributed by atoms with Crippen LogP contribution in [0.2, 0.25) is 0 Å². The third-order valence-corrected chi connectivity index (χ3v) is 3.60. The minimum Gasteiger partial charge on any atom is -0.321 e. The molecule has 0 spiro atoms. The highest BCUT2D eigenvalue weighted by atomic mass is 16.1. The molecule has 1 heterocycles. The lowest BCUT2D eigenvalue weighted by Gasteiger charge is -2.10. The maximum absolute atomic E-state index is 11.8. The fourth-order valence-corrected chi connectivity index (χ4v) is 2.38. The fraction of sp³-hybridized carbons (Fsp3) is 0.462. The van der Waals surface area contributed by atoms with Crippen molar-refractivity contribution in [1.82, 2.24) is 9.55 Å². The number of fused-ring (bicyclic) bond motifs is 1. The molecule has 0 bridgehead atoms. The van der Waals surface area contributed by atoms with Crippen molar-refractivity contribution in [3.8, 4) is 0 Å². The minimum absolute atomic E-state index is 0.0472. The number of nitrogens with two attached hydrogens (primary N) is 1. The van der Waals surface area contributed by atoms with Crippen LogP contribution in [0.1, 0.15) is 38.3 Å². The number of aromatic nitrogens is 2. The molecule has 1 aromatic carbocycles. The topological polar surface area (TPSA) is 63.8 Å². The summed E-state index contributed by atoms with van der Waals surface area (Å²) >= 11 is 0. The summed E-state index contributed by atoms with van der Waals surface area (Å²) in [7, 11) is 0. The van der Waals surface area contributed by atoms with Crippen LogP contribution in [0.3, 0.4) is 0 Å². The monoisotopic (exact) mass is 231 g/mol. The molecule has 0 saturated heterocycles. The summed E-state index contributed by atoms with van der Waals surface area (Å²) in [5, 5.41) is 0. The zero-order valence-corrected chi connectivity index (χ0v) is 10.2. The molecule has 4 nitrogen and oxygen atoms in total. The fourth-order valence-electron chi connectivity index (χ4n) is 2.38. The van der Waals surface area contributed by atoms with Crippen molar-refractivity contribution in [2.45, 2.75) is 38.3 Å². The van der Waals surface area contributed by atoms with Gasteiger partial charge in [0.05, 0.1) is 11.0 Å². The van der Waals surface area contributed by atoms with Gasteiger partial charge in [0.1, 0.15) is 0 Å². The number of H-pyrrole nitrogens is 1. The molecule has 3 rings (SSSR count). The Morgan fingerprint density at radius 2 is 2.12 bits per heavy atom. The molecule has 0 radical (unpaired) electrons. The first-order valence-electron chi connectivity index (χ1n) is 6.05. The van der Waals surface area contributed by atoms with Crippen LogP contribution in [0, 0.1) is 0 Å². The zero-order chi connectivity index (χ0) is 12.2. The second-order valence-electron chi connectivity index (χ2n) is 5.28. The lowest BCUT2D eigenvalue weighted by Crippen LogP contribution is -2.18. The number of nitrogens with zero attached hydrogens (tertiary/aromatic N) is 1. The summed E-state index contributed by atoms with van der Waals surface area (Å²) in [4.78, 5) is 14.7. The number of hydrogen-bond donors (Lipinski definition) is 2. The lowest BCUT2D eigenvalue weighted by atomic mass is 10.1. The molecule has 0 amide bonds. The number of benzene rings is 1. The van der Waals surface area contributed by atoms with E-state index < -0.39 is 0 Å². The van der Waals surface area contributed by atoms with Crippen LogP contribution in [-0.4, -0.2) is 9.55 Å². The molecule has 1 saturated carbocycles. The van der Waals surface area contributed by atoms with Crippen LogP contribution in [0.25, 0.3) is 11.0 Å². The molecule has 2 aromatic rings. The van der Waals surface area contributed by atoms with Crippen LogP contribution in [0.4, 0.5) is 0 Å². The van der Waals surface area contributed by atoms with Crippen molar-refractivity contribution in [1.29, 1.82) is 0 Å². The molecule has 17 heavy (non-hydrogen) atoms. The van der Waals surface area contributed by atoms with E-state index in [1.165, 1.54) is 0 Å². The molecule has 90 valence electrons. The van der Waals surface area contributed by atoms with Crippen molar-refractivity contribution in [3.63, 3.8) is 0 Å². The average Bonchev–Trinajstić information content (AvgIpc) is 2.91. The van der Waals surface area contributed by atoms with Gasteiger partial charge in [-0.25, -0.2) is 4.79 Å². The van der Waals surface area contributed by atoms with E-state index in [4.69, 9.17) is 5.73 Å². The smallest absolute Gasteiger partial charge is 0.321 e. The molecule has 0 atom stereocenters. The predicted molar refractivity (Wildman–Crippen MR) is 68.0 cm³/mol. The average molecular weight is 231 g/mol. The van der Waals surface area contributed by atoms with Gasteiger partial charge in [-0.2, -0.15) is 0 Å². The largest absolute Gasteiger partial charge is 0.326 e. The van der Waals surface area contributed by atoms with Crippen molar-refractivity contribution in [2.24, 2.45) is 5.73 Å². The summed E-state index contributed by atoms with van der Waals surface area (Å²) in [6.45, 7) is 4.02. The van der Waals surface area contributed by atoms with Crippen molar-refractivity contribution >= 4 is 11.0 Å². The van der Waals surface area contributed by atoms with Gasteiger partial charge in [-0.1, -0.05) is 6.07 Å². The number of imidazole rings is 1. The van der Waals surface area contributed by atoms with Crippen molar-refractivity contribution < 1.29 is 0 Å². The normalized spacial score (nSPS) is 17.9. The van der Waals surface area contributed by atoms with Gasteiger partial charge in [-0.15, -0.1) is 0 Å². The van der Waals surface area contributed by atoms with Crippen LogP contribution in [-0.2, 0) is 5.54 Å². The molecule has 4 heteroatoms. The van der Waals surface area contributed by atoms with Gasteiger partial charge in [0.2, 0.25) is 0 Å². The van der Waals surface area contributed by atoms with E-state index in [0.29, 0.717) is 0 Å². The van der Waals surface area contributed by atoms with Crippen LogP contribution < -0.4 is 11.4 Å². The van der Waals surface area contributed by atoms with Gasteiger partial charge >= 0.3 is 5.69 Å². The number of nitrogens with one attached hydrogen (secondary N) is 1. The Morgan fingerprint density at radius 1 is 1.41 bits per heavy atom. The summed E-state index contributed by atoms with van der Waals surface area (Å²) < 4.78 is 1.77. The first kappa shape index (κ1) is 10.6. The summed E-state index contributed by atoms with van der Waals surface area (Å²) in [5.74, 6) is 0. The maximum Gasteiger partial charge on any atom is 0.326 e. The Bertz CT molecular complexity index is 632. The predicted octanol–water partition coefficient (Wildman–Crippen LogP) is 1.86. The standard InChI is InChI=1S/C13H17N3O/c1-8(2)16-11-4-3-9(13(14)5-6-13)7-10(11)15-12(16)17/h3-4,7-8H,5-6,14H2,1-2H3,(H,15,17). The molecule has 1 aliphatic rings. The summed E-state index contributed by atoms with van der Waals surface area (Å²) in [6.07, 6.45) is 2.07. The van der Waals surface area contributed by atoms with Crippen LogP contribution >= 0.6 is 0 Å². The quantitative estimate of drug-likeness (QED) is 0.828. The van der Waals surface area contributed by atoms with E-state index in [1.54, 1.807) is 4.57 Å². The minimum atomic E-state index is -0.148. The Hall–Kier alpha value is -1.55. The van der Waals surface area contributed by atoms with Gasteiger partial charge in [-0.05, 0) is 44.4 Å². The highest BCUT2D eigenvalue weighted by Crippen LogP contribution is 2.43. The van der Waals surface area contributed by atoms with Gasteiger partial charge in [-0.3, -0.25) is 4.57 Å². The van der Waals surface area contributed by atoms with E-state index in [2.05, 4.69) is 4.98 Å². The van der Waals surface area contributed by atoms with Gasteiger partial charge in [0.25, 0.3) is 0 Å². The molecule has 1 fully saturated rings. The Labute approximate surface area is 99.4 Å². The van der Waals surface area contributed by atoms with Gasteiger partial charge in [0.15, 0.2) is 0 Å². The van der Waals surface area contributed by atoms with E-state index in [1.807, 2.05) is 32.0 Å². The second kappa shape index (κ2) is 3.23. The molecule has 0 unspecified atom stereocenters. The van der Waals surface area contributed by atoms with E-state index in [0.717, 1.165) is 29.4 Å². The third-order valence-electron chi connectivity index (χ3n) is 3.60. The molecule has 3 N–H and O–H groups in total. The molecule has 1 aliphatic carbocycles. The second-order valence-corrected chi connectivity index (χ2v) is 5.28. The Kier molecular flexibility index (Phi) is 2.01.